The highest BCUT2D eigenvalue weighted by molar-refractivity contribution is 6.18. The number of para-hydroxylation sites is 3. The molecule has 1 atom stereocenters. The minimum atomic E-state index is -0.576. The van der Waals surface area contributed by atoms with Crippen molar-refractivity contribution in [2.45, 2.75) is 5.41 Å². The lowest BCUT2D eigenvalue weighted by molar-refractivity contribution is 0.669. The summed E-state index contributed by atoms with van der Waals surface area (Å²) in [5, 5.41) is 5.74. The van der Waals surface area contributed by atoms with Crippen LogP contribution in [0.25, 0.3) is 105 Å². The number of nitrogens with zero attached hydrogens (tertiary/aromatic N) is 3. The number of furan rings is 1. The van der Waals surface area contributed by atoms with Gasteiger partial charge in [-0.1, -0.05) is 164 Å². The fourth-order valence-electron chi connectivity index (χ4n) is 11.1. The summed E-state index contributed by atoms with van der Waals surface area (Å²) in [4.78, 5) is 10.7. The molecule has 9 aromatic carbocycles. The van der Waals surface area contributed by atoms with Gasteiger partial charge in [0.15, 0.2) is 5.82 Å². The largest absolute Gasteiger partial charge is 0.456 e. The van der Waals surface area contributed by atoms with Gasteiger partial charge in [0, 0.05) is 49.7 Å². The van der Waals surface area contributed by atoms with Crippen LogP contribution < -0.4 is 0 Å². The lowest BCUT2D eigenvalue weighted by Gasteiger charge is -2.30. The summed E-state index contributed by atoms with van der Waals surface area (Å²) in [7, 11) is 0. The molecule has 0 saturated carbocycles. The van der Waals surface area contributed by atoms with Gasteiger partial charge in [-0.05, 0) is 69.3 Å². The lowest BCUT2D eigenvalue weighted by Crippen LogP contribution is -2.25. The molecule has 1 spiro atoms. The molecule has 0 amide bonds. The van der Waals surface area contributed by atoms with E-state index >= 15 is 0 Å². The standard InChI is InChI=1S/C57H33N3O/c1-2-16-34(17-3-1)55-39-22-6-11-28-47(39)58-56(59-55)40-23-14-26-45-53(40)37-20-4-9-24-43(37)57(45)44-25-10-5-21-38(44)54-46(57)27-15-30-49(54)60-48-29-12-7-18-35(48)41-32-42-36-19-8-13-31-51(36)61-52(42)33-50(41)60/h1-33H. The van der Waals surface area contributed by atoms with Crippen LogP contribution in [0, 0.1) is 0 Å². The minimum absolute atomic E-state index is 0.576. The summed E-state index contributed by atoms with van der Waals surface area (Å²) in [6, 6.07) is 72.3. The third-order valence-electron chi connectivity index (χ3n) is 13.4. The van der Waals surface area contributed by atoms with E-state index in [9.17, 15) is 0 Å². The Bertz CT molecular complexity index is 3840. The van der Waals surface area contributed by atoms with Gasteiger partial charge in [-0.3, -0.25) is 0 Å². The zero-order valence-corrected chi connectivity index (χ0v) is 32.8. The molecule has 0 aliphatic heterocycles. The van der Waals surface area contributed by atoms with Gasteiger partial charge in [0.1, 0.15) is 11.2 Å². The molecule has 1 unspecified atom stereocenters. The van der Waals surface area contributed by atoms with Gasteiger partial charge in [0.05, 0.1) is 33.3 Å². The third-order valence-corrected chi connectivity index (χ3v) is 13.4. The van der Waals surface area contributed by atoms with E-state index in [1.807, 2.05) is 6.07 Å². The minimum Gasteiger partial charge on any atom is -0.456 e. The summed E-state index contributed by atoms with van der Waals surface area (Å²) in [5.41, 5.74) is 18.6. The highest BCUT2D eigenvalue weighted by atomic mass is 16.3. The van der Waals surface area contributed by atoms with E-state index in [1.165, 1.54) is 60.8 Å². The number of hydrogen-bond acceptors (Lipinski definition) is 3. The summed E-state index contributed by atoms with van der Waals surface area (Å²) in [6.45, 7) is 0. The topological polar surface area (TPSA) is 43.9 Å². The maximum Gasteiger partial charge on any atom is 0.161 e. The molecule has 14 rings (SSSR count). The Hall–Kier alpha value is -8.08. The van der Waals surface area contributed by atoms with Crippen molar-refractivity contribution in [1.29, 1.82) is 0 Å². The van der Waals surface area contributed by atoms with Gasteiger partial charge in [0.2, 0.25) is 0 Å². The number of benzene rings is 9. The molecule has 2 aliphatic carbocycles. The maximum atomic E-state index is 6.53. The highest BCUT2D eigenvalue weighted by Gasteiger charge is 2.53. The molecule has 3 heterocycles. The Labute approximate surface area is 350 Å². The van der Waals surface area contributed by atoms with Crippen molar-refractivity contribution in [2.75, 3.05) is 0 Å². The van der Waals surface area contributed by atoms with Crippen molar-refractivity contribution in [3.05, 3.63) is 222 Å². The monoisotopic (exact) mass is 775 g/mol. The van der Waals surface area contributed by atoms with Crippen LogP contribution in [-0.2, 0) is 5.41 Å². The lowest BCUT2D eigenvalue weighted by atomic mass is 9.70. The van der Waals surface area contributed by atoms with E-state index in [0.717, 1.165) is 66.7 Å². The normalized spacial score (nSPS) is 15.0. The van der Waals surface area contributed by atoms with Gasteiger partial charge >= 0.3 is 0 Å². The van der Waals surface area contributed by atoms with E-state index in [0.29, 0.717) is 0 Å². The summed E-state index contributed by atoms with van der Waals surface area (Å²) >= 11 is 0. The first-order valence-electron chi connectivity index (χ1n) is 20.9. The molecule has 282 valence electrons. The van der Waals surface area contributed by atoms with E-state index in [-0.39, 0.29) is 0 Å². The zero-order chi connectivity index (χ0) is 39.8. The molecule has 2 aliphatic rings. The van der Waals surface area contributed by atoms with Crippen LogP contribution in [0.15, 0.2) is 205 Å². The van der Waals surface area contributed by atoms with Gasteiger partial charge in [-0.2, -0.15) is 0 Å². The third kappa shape index (κ3) is 4.23. The van der Waals surface area contributed by atoms with Crippen molar-refractivity contribution in [3.8, 4) is 50.6 Å². The second-order valence-corrected chi connectivity index (χ2v) is 16.4. The average Bonchev–Trinajstić information content (AvgIpc) is 4.04. The average molecular weight is 776 g/mol. The second kappa shape index (κ2) is 12.0. The number of aromatic nitrogens is 3. The number of rotatable bonds is 3. The van der Waals surface area contributed by atoms with E-state index in [4.69, 9.17) is 14.4 Å². The molecule has 12 aromatic rings. The Morgan fingerprint density at radius 1 is 0.393 bits per heavy atom. The van der Waals surface area contributed by atoms with Crippen molar-refractivity contribution in [2.24, 2.45) is 0 Å². The maximum absolute atomic E-state index is 6.53. The van der Waals surface area contributed by atoms with Crippen molar-refractivity contribution in [1.82, 2.24) is 14.5 Å². The molecular formula is C57H33N3O. The Morgan fingerprint density at radius 2 is 1.02 bits per heavy atom. The van der Waals surface area contributed by atoms with Crippen LogP contribution in [0.4, 0.5) is 0 Å². The number of fused-ring (bicyclic) bond motifs is 17. The molecule has 3 aromatic heterocycles. The molecule has 0 saturated heterocycles. The molecular weight excluding hydrogens is 743 g/mol. The van der Waals surface area contributed by atoms with Crippen LogP contribution in [0.3, 0.4) is 0 Å². The van der Waals surface area contributed by atoms with Crippen LogP contribution in [0.5, 0.6) is 0 Å². The van der Waals surface area contributed by atoms with Crippen LogP contribution in [-0.4, -0.2) is 14.5 Å². The van der Waals surface area contributed by atoms with Gasteiger partial charge in [-0.15, -0.1) is 0 Å². The smallest absolute Gasteiger partial charge is 0.161 e. The molecule has 0 radical (unpaired) electrons. The molecule has 4 heteroatoms. The van der Waals surface area contributed by atoms with Crippen LogP contribution >= 0.6 is 0 Å². The van der Waals surface area contributed by atoms with E-state index in [1.54, 1.807) is 0 Å². The predicted molar refractivity (Wildman–Crippen MR) is 248 cm³/mol. The summed E-state index contributed by atoms with van der Waals surface area (Å²) < 4.78 is 9.00. The van der Waals surface area contributed by atoms with E-state index < -0.39 is 5.41 Å². The first-order valence-corrected chi connectivity index (χ1v) is 20.9. The SMILES string of the molecule is c1ccc(-c2nc(-c3cccc4c3-c3ccccc3C43c4ccccc4-c4c(-n5c6ccccc6c6cc7c(cc65)oc5ccccc57)cccc43)nc3ccccc23)cc1. The van der Waals surface area contributed by atoms with Crippen molar-refractivity contribution < 1.29 is 4.42 Å². The van der Waals surface area contributed by atoms with Crippen molar-refractivity contribution >= 4 is 54.6 Å². The van der Waals surface area contributed by atoms with Crippen molar-refractivity contribution in [3.63, 3.8) is 0 Å². The van der Waals surface area contributed by atoms with Gasteiger partial charge in [-0.25, -0.2) is 9.97 Å². The first-order chi connectivity index (χ1) is 30.3. The molecule has 0 N–H and O–H groups in total. The van der Waals surface area contributed by atoms with E-state index in [2.05, 4.69) is 199 Å². The number of hydrogen-bond donors (Lipinski definition) is 0. The quantitative estimate of drug-likeness (QED) is 0.180. The predicted octanol–water partition coefficient (Wildman–Crippen LogP) is 14.3. The Balaban J connectivity index is 1.07. The molecule has 0 fully saturated rings. The van der Waals surface area contributed by atoms with Crippen LogP contribution in [0.2, 0.25) is 0 Å². The fourth-order valence-corrected chi connectivity index (χ4v) is 11.1. The molecule has 4 nitrogen and oxygen atoms in total. The Morgan fingerprint density at radius 3 is 1.85 bits per heavy atom. The van der Waals surface area contributed by atoms with Gasteiger partial charge < -0.3 is 8.98 Å². The fraction of sp³-hybridized carbons (Fsp3) is 0.0175. The summed E-state index contributed by atoms with van der Waals surface area (Å²) in [6.07, 6.45) is 0. The van der Waals surface area contributed by atoms with Crippen LogP contribution in [0.1, 0.15) is 22.3 Å². The second-order valence-electron chi connectivity index (χ2n) is 16.4. The molecule has 61 heavy (non-hydrogen) atoms. The summed E-state index contributed by atoms with van der Waals surface area (Å²) in [5.74, 6) is 0.726. The first kappa shape index (κ1) is 32.8. The zero-order valence-electron chi connectivity index (χ0n) is 32.8. The highest BCUT2D eigenvalue weighted by Crippen LogP contribution is 2.65. The molecule has 0 bridgehead atoms. The Kier molecular flexibility index (Phi) is 6.46. The van der Waals surface area contributed by atoms with Gasteiger partial charge in [0.25, 0.3) is 0 Å².